The third-order valence-corrected chi connectivity index (χ3v) is 6.50. The number of hydrogen-bond donors (Lipinski definition) is 2. The number of nitrogens with two attached hydrogens (primary N) is 1. The van der Waals surface area contributed by atoms with Gasteiger partial charge in [0, 0.05) is 15.5 Å². The van der Waals surface area contributed by atoms with Crippen LogP contribution in [0.1, 0.15) is 36.2 Å². The highest BCUT2D eigenvalue weighted by molar-refractivity contribution is 7.18. The molecule has 2 heterocycles. The standard InChI is InChI=1S/C18H16ClN3O2S2/c1-8-10(3)25-18(13(8)15(20)23)22-16(24)14-9(2)21-17(26-14)11-5-4-6-12(19)7-11/h4-7H,1-3H3,(H2,20,23)(H,22,24). The highest BCUT2D eigenvalue weighted by Gasteiger charge is 2.22. The highest BCUT2D eigenvalue weighted by Crippen LogP contribution is 2.34. The van der Waals surface area contributed by atoms with Crippen molar-refractivity contribution in [3.05, 3.63) is 55.9 Å². The van der Waals surface area contributed by atoms with Crippen molar-refractivity contribution in [1.82, 2.24) is 4.98 Å². The number of aromatic nitrogens is 1. The van der Waals surface area contributed by atoms with E-state index in [2.05, 4.69) is 10.3 Å². The Hall–Kier alpha value is -2.22. The number of carbonyl (C=O) groups excluding carboxylic acids is 2. The number of primary amides is 1. The fourth-order valence-corrected chi connectivity index (χ4v) is 4.73. The van der Waals surface area contributed by atoms with Crippen molar-refractivity contribution in [2.75, 3.05) is 5.32 Å². The molecule has 0 saturated heterocycles. The van der Waals surface area contributed by atoms with Gasteiger partial charge in [0.2, 0.25) is 0 Å². The second kappa shape index (κ2) is 7.19. The molecule has 3 rings (SSSR count). The van der Waals surface area contributed by atoms with Crippen molar-refractivity contribution >= 4 is 51.1 Å². The summed E-state index contributed by atoms with van der Waals surface area (Å²) in [6, 6.07) is 7.32. The van der Waals surface area contributed by atoms with E-state index in [-0.39, 0.29) is 5.91 Å². The first-order valence-electron chi connectivity index (χ1n) is 7.72. The molecule has 2 amide bonds. The minimum Gasteiger partial charge on any atom is -0.365 e. The number of rotatable bonds is 4. The smallest absolute Gasteiger partial charge is 0.268 e. The largest absolute Gasteiger partial charge is 0.365 e. The second-order valence-corrected chi connectivity index (χ2v) is 8.41. The number of halogens is 1. The lowest BCUT2D eigenvalue weighted by molar-refractivity contribution is 0.100. The maximum absolute atomic E-state index is 12.7. The van der Waals surface area contributed by atoms with Gasteiger partial charge in [-0.2, -0.15) is 0 Å². The lowest BCUT2D eigenvalue weighted by Gasteiger charge is -2.04. The molecule has 3 N–H and O–H groups in total. The van der Waals surface area contributed by atoms with Crippen molar-refractivity contribution in [1.29, 1.82) is 0 Å². The molecule has 134 valence electrons. The molecule has 0 bridgehead atoms. The number of hydrogen-bond acceptors (Lipinski definition) is 5. The number of thiophene rings is 1. The van der Waals surface area contributed by atoms with Crippen LogP contribution in [0.2, 0.25) is 5.02 Å². The van der Waals surface area contributed by atoms with Gasteiger partial charge in [0.1, 0.15) is 14.9 Å². The maximum Gasteiger partial charge on any atom is 0.268 e. The van der Waals surface area contributed by atoms with E-state index in [4.69, 9.17) is 17.3 Å². The van der Waals surface area contributed by atoms with Crippen molar-refractivity contribution in [3.63, 3.8) is 0 Å². The molecule has 0 aliphatic carbocycles. The van der Waals surface area contributed by atoms with Crippen LogP contribution < -0.4 is 11.1 Å². The summed E-state index contributed by atoms with van der Waals surface area (Å²) >= 11 is 8.65. The molecule has 0 aliphatic rings. The van der Waals surface area contributed by atoms with Crippen LogP contribution in [0.4, 0.5) is 5.00 Å². The summed E-state index contributed by atoms with van der Waals surface area (Å²) in [5, 5.41) is 4.60. The van der Waals surface area contributed by atoms with E-state index in [1.54, 1.807) is 19.1 Å². The van der Waals surface area contributed by atoms with E-state index >= 15 is 0 Å². The van der Waals surface area contributed by atoms with E-state index in [0.717, 1.165) is 16.0 Å². The highest BCUT2D eigenvalue weighted by atomic mass is 35.5. The van der Waals surface area contributed by atoms with E-state index in [9.17, 15) is 9.59 Å². The van der Waals surface area contributed by atoms with Crippen LogP contribution in [0, 0.1) is 20.8 Å². The van der Waals surface area contributed by atoms with Crippen LogP contribution in [-0.4, -0.2) is 16.8 Å². The number of nitrogens with one attached hydrogen (secondary N) is 1. The Morgan fingerprint density at radius 2 is 1.92 bits per heavy atom. The molecular weight excluding hydrogens is 390 g/mol. The topological polar surface area (TPSA) is 85.1 Å². The molecule has 8 heteroatoms. The van der Waals surface area contributed by atoms with Gasteiger partial charge in [-0.15, -0.1) is 22.7 Å². The van der Waals surface area contributed by atoms with E-state index < -0.39 is 5.91 Å². The van der Waals surface area contributed by atoms with Gasteiger partial charge in [-0.25, -0.2) is 4.98 Å². The lowest BCUT2D eigenvalue weighted by atomic mass is 10.1. The summed E-state index contributed by atoms with van der Waals surface area (Å²) in [6.45, 7) is 5.48. The Bertz CT molecular complexity index is 1020. The zero-order valence-corrected chi connectivity index (χ0v) is 16.7. The summed E-state index contributed by atoms with van der Waals surface area (Å²) in [7, 11) is 0. The lowest BCUT2D eigenvalue weighted by Crippen LogP contribution is -2.17. The van der Waals surface area contributed by atoms with Crippen molar-refractivity contribution in [2.45, 2.75) is 20.8 Å². The van der Waals surface area contributed by atoms with Gasteiger partial charge < -0.3 is 11.1 Å². The number of nitrogens with zero attached hydrogens (tertiary/aromatic N) is 1. The van der Waals surface area contributed by atoms with Crippen molar-refractivity contribution in [2.24, 2.45) is 5.73 Å². The molecular formula is C18H16ClN3O2S2. The quantitative estimate of drug-likeness (QED) is 0.653. The molecule has 2 aromatic heterocycles. The zero-order valence-electron chi connectivity index (χ0n) is 14.3. The Morgan fingerprint density at radius 3 is 2.58 bits per heavy atom. The van der Waals surface area contributed by atoms with Crippen LogP contribution in [0.15, 0.2) is 24.3 Å². The minimum absolute atomic E-state index is 0.308. The van der Waals surface area contributed by atoms with Gasteiger partial charge in [0.05, 0.1) is 11.3 Å². The van der Waals surface area contributed by atoms with E-state index in [1.807, 2.05) is 26.0 Å². The molecule has 0 spiro atoms. The Kier molecular flexibility index (Phi) is 5.13. The molecule has 26 heavy (non-hydrogen) atoms. The number of aryl methyl sites for hydroxylation is 2. The van der Waals surface area contributed by atoms with Crippen LogP contribution in [0.25, 0.3) is 10.6 Å². The first-order chi connectivity index (χ1) is 12.3. The van der Waals surface area contributed by atoms with Gasteiger partial charge in [0.25, 0.3) is 11.8 Å². The van der Waals surface area contributed by atoms with Crippen LogP contribution in [-0.2, 0) is 0 Å². The SMILES string of the molecule is Cc1nc(-c2cccc(Cl)c2)sc1C(=O)Nc1sc(C)c(C)c1C(N)=O. The monoisotopic (exact) mass is 405 g/mol. The Morgan fingerprint density at radius 1 is 1.19 bits per heavy atom. The molecule has 0 atom stereocenters. The predicted molar refractivity (Wildman–Crippen MR) is 108 cm³/mol. The van der Waals surface area contributed by atoms with Gasteiger partial charge in [0.15, 0.2) is 0 Å². The zero-order chi connectivity index (χ0) is 19.0. The number of anilines is 1. The normalized spacial score (nSPS) is 10.8. The minimum atomic E-state index is -0.553. The third-order valence-electron chi connectivity index (χ3n) is 3.93. The molecule has 3 aromatic rings. The number of benzene rings is 1. The van der Waals surface area contributed by atoms with Gasteiger partial charge in [-0.05, 0) is 38.5 Å². The summed E-state index contributed by atoms with van der Waals surface area (Å²) in [4.78, 5) is 30.3. The van der Waals surface area contributed by atoms with E-state index in [1.165, 1.54) is 22.7 Å². The van der Waals surface area contributed by atoms with Crippen molar-refractivity contribution < 1.29 is 9.59 Å². The summed E-state index contributed by atoms with van der Waals surface area (Å²) < 4.78 is 0. The molecule has 1 aromatic carbocycles. The molecule has 0 radical (unpaired) electrons. The summed E-state index contributed by atoms with van der Waals surface area (Å²) in [6.07, 6.45) is 0. The van der Waals surface area contributed by atoms with Crippen LogP contribution in [0.3, 0.4) is 0 Å². The van der Waals surface area contributed by atoms with Gasteiger partial charge in [-0.3, -0.25) is 9.59 Å². The summed E-state index contributed by atoms with van der Waals surface area (Å²) in [5.41, 5.74) is 8.08. The van der Waals surface area contributed by atoms with Gasteiger partial charge >= 0.3 is 0 Å². The molecule has 0 fully saturated rings. The van der Waals surface area contributed by atoms with Crippen molar-refractivity contribution in [3.8, 4) is 10.6 Å². The average Bonchev–Trinajstić information content (AvgIpc) is 3.08. The average molecular weight is 406 g/mol. The predicted octanol–water partition coefficient (Wildman–Crippen LogP) is 4.80. The van der Waals surface area contributed by atoms with Crippen LogP contribution in [0.5, 0.6) is 0 Å². The van der Waals surface area contributed by atoms with E-state index in [0.29, 0.717) is 31.2 Å². The molecule has 5 nitrogen and oxygen atoms in total. The maximum atomic E-state index is 12.7. The third kappa shape index (κ3) is 3.51. The number of thiazole rings is 1. The second-order valence-electron chi connectivity index (χ2n) is 5.75. The molecule has 0 unspecified atom stereocenters. The fraction of sp³-hybridized carbons (Fsp3) is 0.167. The van der Waals surface area contributed by atoms with Gasteiger partial charge in [-0.1, -0.05) is 23.7 Å². The number of carbonyl (C=O) groups is 2. The van der Waals surface area contributed by atoms with Crippen LogP contribution >= 0.6 is 34.3 Å². The summed E-state index contributed by atoms with van der Waals surface area (Å²) in [5.74, 6) is -0.861. The fourth-order valence-electron chi connectivity index (χ4n) is 2.52. The first kappa shape index (κ1) is 18.6. The first-order valence-corrected chi connectivity index (χ1v) is 9.73. The number of amides is 2. The molecule has 0 saturated carbocycles. The Balaban J connectivity index is 1.93. The Labute approximate surface area is 163 Å². The molecule has 0 aliphatic heterocycles.